The first-order chi connectivity index (χ1) is 16.7. The van der Waals surface area contributed by atoms with E-state index in [0.717, 1.165) is 41.6 Å². The summed E-state index contributed by atoms with van der Waals surface area (Å²) >= 11 is 0. The van der Waals surface area contributed by atoms with Crippen LogP contribution < -0.4 is 9.64 Å². The number of alkyl halides is 3. The van der Waals surface area contributed by atoms with E-state index >= 15 is 0 Å². The maximum Gasteiger partial charge on any atom is 0.470 e. The summed E-state index contributed by atoms with van der Waals surface area (Å²) in [6, 6.07) is 14.4. The van der Waals surface area contributed by atoms with Gasteiger partial charge in [0.1, 0.15) is 5.75 Å². The van der Waals surface area contributed by atoms with Crippen LogP contribution in [0.1, 0.15) is 11.5 Å². The number of ether oxygens (including phenoxy) is 1. The SMILES string of the molecule is C=CN(Cc1ccc(-c2nnc(C(F)(F)F)o2)cc1)c1ccc(OC)cc1.CN1CCS(=O)CC1. The minimum atomic E-state index is -4.66. The van der Waals surface area contributed by atoms with Gasteiger partial charge in [0.15, 0.2) is 0 Å². The monoisotopic (exact) mass is 508 g/mol. The van der Waals surface area contributed by atoms with Crippen molar-refractivity contribution in [2.45, 2.75) is 12.7 Å². The predicted octanol–water partition coefficient (Wildman–Crippen LogP) is 4.59. The molecule has 1 aromatic heterocycles. The molecule has 0 radical (unpaired) electrons. The molecule has 4 rings (SSSR count). The second kappa shape index (κ2) is 12.0. The molecular weight excluding hydrogens is 481 g/mol. The van der Waals surface area contributed by atoms with Gasteiger partial charge in [-0.3, -0.25) is 4.21 Å². The molecule has 2 heterocycles. The maximum atomic E-state index is 12.6. The number of anilines is 1. The Morgan fingerprint density at radius 2 is 1.74 bits per heavy atom. The third-order valence-electron chi connectivity index (χ3n) is 5.25. The maximum absolute atomic E-state index is 12.6. The Bertz CT molecular complexity index is 1110. The number of benzene rings is 2. The fourth-order valence-corrected chi connectivity index (χ4v) is 4.40. The fourth-order valence-electron chi connectivity index (χ4n) is 3.17. The van der Waals surface area contributed by atoms with E-state index < -0.39 is 22.9 Å². The molecule has 0 atom stereocenters. The van der Waals surface area contributed by atoms with Crippen molar-refractivity contribution < 1.29 is 26.5 Å². The predicted molar refractivity (Wildman–Crippen MR) is 129 cm³/mol. The number of methoxy groups -OCH3 is 1. The van der Waals surface area contributed by atoms with E-state index in [1.807, 2.05) is 29.2 Å². The quantitative estimate of drug-likeness (QED) is 0.482. The van der Waals surface area contributed by atoms with E-state index in [4.69, 9.17) is 4.74 Å². The third kappa shape index (κ3) is 7.66. The zero-order valence-corrected chi connectivity index (χ0v) is 20.3. The Labute approximate surface area is 204 Å². The van der Waals surface area contributed by atoms with Gasteiger partial charge >= 0.3 is 12.1 Å². The zero-order valence-electron chi connectivity index (χ0n) is 19.5. The molecule has 0 bridgehead atoms. The number of hydrogen-bond donors (Lipinski definition) is 0. The summed E-state index contributed by atoms with van der Waals surface area (Å²) in [7, 11) is 3.16. The lowest BCUT2D eigenvalue weighted by Gasteiger charge is -2.20. The van der Waals surface area contributed by atoms with Gasteiger partial charge < -0.3 is 19.0 Å². The molecule has 35 heavy (non-hydrogen) atoms. The van der Waals surface area contributed by atoms with Gasteiger partial charge in [-0.25, -0.2) is 0 Å². The van der Waals surface area contributed by atoms with Crippen LogP contribution in [0.25, 0.3) is 11.5 Å². The fraction of sp³-hybridized carbons (Fsp3) is 0.333. The van der Waals surface area contributed by atoms with Crippen molar-refractivity contribution >= 4 is 16.5 Å². The van der Waals surface area contributed by atoms with Crippen LogP contribution in [0.2, 0.25) is 0 Å². The topological polar surface area (TPSA) is 71.7 Å². The van der Waals surface area contributed by atoms with Crippen LogP contribution in [0.15, 0.2) is 65.7 Å². The number of rotatable bonds is 6. The highest BCUT2D eigenvalue weighted by atomic mass is 32.2. The summed E-state index contributed by atoms with van der Waals surface area (Å²) in [5.41, 5.74) is 2.28. The molecule has 0 spiro atoms. The lowest BCUT2D eigenvalue weighted by molar-refractivity contribution is -0.156. The average molecular weight is 509 g/mol. The van der Waals surface area contributed by atoms with Gasteiger partial charge in [0.25, 0.3) is 0 Å². The van der Waals surface area contributed by atoms with Crippen molar-refractivity contribution in [2.24, 2.45) is 0 Å². The summed E-state index contributed by atoms with van der Waals surface area (Å²) in [6.07, 6.45) is -2.96. The molecular formula is C24H27F3N4O3S. The van der Waals surface area contributed by atoms with Crippen molar-refractivity contribution in [1.82, 2.24) is 15.1 Å². The van der Waals surface area contributed by atoms with Gasteiger partial charge in [0.05, 0.1) is 7.11 Å². The minimum absolute atomic E-state index is 0.176. The highest BCUT2D eigenvalue weighted by Gasteiger charge is 2.38. The summed E-state index contributed by atoms with van der Waals surface area (Å²) in [5.74, 6) is 0.959. The molecule has 0 saturated carbocycles. The zero-order chi connectivity index (χ0) is 25.4. The first-order valence-corrected chi connectivity index (χ1v) is 12.2. The Kier molecular flexibility index (Phi) is 9.05. The Balaban J connectivity index is 0.000000363. The molecule has 0 aliphatic carbocycles. The molecule has 1 fully saturated rings. The molecule has 2 aromatic carbocycles. The average Bonchev–Trinajstić information content (AvgIpc) is 3.36. The molecule has 1 aliphatic rings. The summed E-state index contributed by atoms with van der Waals surface area (Å²) in [6.45, 7) is 6.37. The van der Waals surface area contributed by atoms with Crippen molar-refractivity contribution in [3.63, 3.8) is 0 Å². The third-order valence-corrected chi connectivity index (χ3v) is 6.52. The van der Waals surface area contributed by atoms with Crippen molar-refractivity contribution in [2.75, 3.05) is 43.7 Å². The number of hydrogen-bond acceptors (Lipinski definition) is 7. The smallest absolute Gasteiger partial charge is 0.470 e. The Hall–Kier alpha value is -3.18. The van der Waals surface area contributed by atoms with Crippen LogP contribution in [0.5, 0.6) is 5.75 Å². The van der Waals surface area contributed by atoms with Gasteiger partial charge in [-0.1, -0.05) is 18.7 Å². The van der Waals surface area contributed by atoms with Crippen molar-refractivity contribution in [1.29, 1.82) is 0 Å². The first kappa shape index (κ1) is 26.4. The highest BCUT2D eigenvalue weighted by molar-refractivity contribution is 7.85. The largest absolute Gasteiger partial charge is 0.497 e. The van der Waals surface area contributed by atoms with Crippen LogP contribution in [0, 0.1) is 0 Å². The molecule has 0 unspecified atom stereocenters. The molecule has 0 amide bonds. The summed E-state index contributed by atoms with van der Waals surface area (Å²) in [4.78, 5) is 4.14. The molecule has 0 N–H and O–H groups in total. The van der Waals surface area contributed by atoms with E-state index in [1.54, 1.807) is 37.6 Å². The lowest BCUT2D eigenvalue weighted by atomic mass is 10.1. The standard InChI is InChI=1S/C19H16F3N3O2.C5H11NOS/c1-3-25(15-8-10-16(26-2)11-9-15)12-13-4-6-14(7-5-13)17-23-24-18(27-17)19(20,21)22;1-6-2-4-8(7)5-3-6/h3-11H,1,12H2,2H3;2-5H2,1H3. The number of aromatic nitrogens is 2. The van der Waals surface area contributed by atoms with Crippen LogP contribution in [0.4, 0.5) is 18.9 Å². The van der Waals surface area contributed by atoms with E-state index in [2.05, 4.69) is 33.1 Å². The molecule has 1 aliphatic heterocycles. The van der Waals surface area contributed by atoms with Gasteiger partial charge in [-0.05, 0) is 55.2 Å². The van der Waals surface area contributed by atoms with Gasteiger partial charge in [0.2, 0.25) is 5.89 Å². The normalized spacial score (nSPS) is 14.7. The van der Waals surface area contributed by atoms with Crippen LogP contribution in [-0.2, 0) is 23.5 Å². The molecule has 11 heteroatoms. The van der Waals surface area contributed by atoms with Gasteiger partial charge in [0, 0.05) is 53.2 Å². The molecule has 1 saturated heterocycles. The van der Waals surface area contributed by atoms with Crippen molar-refractivity contribution in [3.8, 4) is 17.2 Å². The van der Waals surface area contributed by atoms with E-state index in [1.165, 1.54) is 0 Å². The molecule has 3 aromatic rings. The van der Waals surface area contributed by atoms with Crippen LogP contribution in [0.3, 0.4) is 0 Å². The van der Waals surface area contributed by atoms with E-state index in [0.29, 0.717) is 12.1 Å². The second-order valence-corrected chi connectivity index (χ2v) is 9.46. The van der Waals surface area contributed by atoms with Crippen LogP contribution in [-0.4, -0.2) is 58.1 Å². The van der Waals surface area contributed by atoms with Crippen molar-refractivity contribution in [3.05, 3.63) is 72.8 Å². The van der Waals surface area contributed by atoms with E-state index in [9.17, 15) is 17.4 Å². The molecule has 188 valence electrons. The Morgan fingerprint density at radius 3 is 2.23 bits per heavy atom. The van der Waals surface area contributed by atoms with E-state index in [-0.39, 0.29) is 5.89 Å². The first-order valence-electron chi connectivity index (χ1n) is 10.8. The van der Waals surface area contributed by atoms with Gasteiger partial charge in [-0.15, -0.1) is 10.2 Å². The number of halogens is 3. The number of nitrogens with zero attached hydrogens (tertiary/aromatic N) is 4. The molecule has 7 nitrogen and oxygen atoms in total. The highest BCUT2D eigenvalue weighted by Crippen LogP contribution is 2.30. The lowest BCUT2D eigenvalue weighted by Crippen LogP contribution is -2.34. The Morgan fingerprint density at radius 1 is 1.11 bits per heavy atom. The van der Waals surface area contributed by atoms with Crippen LogP contribution >= 0.6 is 0 Å². The summed E-state index contributed by atoms with van der Waals surface area (Å²) < 4.78 is 58.2. The van der Waals surface area contributed by atoms with Gasteiger partial charge in [-0.2, -0.15) is 13.2 Å². The minimum Gasteiger partial charge on any atom is -0.497 e. The second-order valence-electron chi connectivity index (χ2n) is 7.77. The summed E-state index contributed by atoms with van der Waals surface area (Å²) in [5, 5.41) is 6.48.